The zero-order valence-electron chi connectivity index (χ0n) is 28.4. The van der Waals surface area contributed by atoms with Crippen LogP contribution in [0.2, 0.25) is 0 Å². The lowest BCUT2D eigenvalue weighted by atomic mass is 9.58. The van der Waals surface area contributed by atoms with Gasteiger partial charge >= 0.3 is 5.97 Å². The molecule has 2 aliphatic heterocycles. The smallest absolute Gasteiger partial charge is 0.335 e. The highest BCUT2D eigenvalue weighted by molar-refractivity contribution is 5.87. The summed E-state index contributed by atoms with van der Waals surface area (Å²) in [7, 11) is 1.78. The summed E-state index contributed by atoms with van der Waals surface area (Å²) in [6.45, 7) is 3.36. The van der Waals surface area contributed by atoms with Gasteiger partial charge in [-0.25, -0.2) is 13.6 Å². The number of anilines is 2. The van der Waals surface area contributed by atoms with Gasteiger partial charge in [0.25, 0.3) is 6.43 Å². The first-order chi connectivity index (χ1) is 24.1. The van der Waals surface area contributed by atoms with Gasteiger partial charge in [-0.1, -0.05) is 0 Å². The number of hydrogen-bond donors (Lipinski definition) is 1. The first kappa shape index (κ1) is 32.5. The van der Waals surface area contributed by atoms with E-state index in [0.717, 1.165) is 79.7 Å². The Morgan fingerprint density at radius 1 is 1.06 bits per heavy atom. The van der Waals surface area contributed by atoms with Gasteiger partial charge < -0.3 is 19.6 Å². The quantitative estimate of drug-likeness (QED) is 0.219. The van der Waals surface area contributed by atoms with E-state index in [4.69, 9.17) is 9.84 Å². The third-order valence-corrected chi connectivity index (χ3v) is 11.5. The maximum absolute atomic E-state index is 14.6. The summed E-state index contributed by atoms with van der Waals surface area (Å²) < 4.78 is 39.3. The summed E-state index contributed by atoms with van der Waals surface area (Å²) in [6.07, 6.45) is 9.33. The second-order valence-corrected chi connectivity index (χ2v) is 14.6. The fraction of sp³-hybridized carbons (Fsp3) is 0.474. The Bertz CT molecular complexity index is 1940. The summed E-state index contributed by atoms with van der Waals surface area (Å²) >= 11 is 0. The number of benzene rings is 2. The molecule has 2 aliphatic carbocycles. The van der Waals surface area contributed by atoms with Crippen molar-refractivity contribution in [2.24, 2.45) is 12.5 Å². The van der Waals surface area contributed by atoms with Crippen LogP contribution >= 0.6 is 0 Å². The van der Waals surface area contributed by atoms with Crippen molar-refractivity contribution in [3.05, 3.63) is 76.7 Å². The van der Waals surface area contributed by atoms with Crippen molar-refractivity contribution < 1.29 is 28.2 Å². The molecule has 12 heteroatoms. The van der Waals surface area contributed by atoms with Crippen molar-refractivity contribution in [3.63, 3.8) is 0 Å². The standard InChI is InChI=1S/C38H42F2N6O4/c1-23(47)44-15-11-33-32(22-44)36(45-14-3-4-25-16-30(26-20-41-43(2)21-26)31(35(39)40)17-34(25)45)42-46(33)27-9-12-38(13-10-27)18-29(19-38)50-28-7-5-24(6-8-28)37(48)49/h5-8,16-17,20-21,27,29,35H,3-4,9-15,18-19,22H2,1-2H3,(H,48,49). The fourth-order valence-electron chi connectivity index (χ4n) is 8.80. The summed E-state index contributed by atoms with van der Waals surface area (Å²) in [5.74, 6) is 0.558. The van der Waals surface area contributed by atoms with Crippen molar-refractivity contribution in [2.45, 2.75) is 89.8 Å². The Hall–Kier alpha value is -4.74. The minimum Gasteiger partial charge on any atom is -0.490 e. The lowest BCUT2D eigenvalue weighted by Crippen LogP contribution is -2.46. The molecule has 0 atom stereocenters. The Labute approximate surface area is 289 Å². The number of rotatable bonds is 7. The monoisotopic (exact) mass is 684 g/mol. The van der Waals surface area contributed by atoms with Crippen LogP contribution in [0.5, 0.6) is 5.75 Å². The second-order valence-electron chi connectivity index (χ2n) is 14.6. The van der Waals surface area contributed by atoms with Gasteiger partial charge in [0.1, 0.15) is 5.75 Å². The molecular formula is C38H42F2N6O4. The van der Waals surface area contributed by atoms with Crippen molar-refractivity contribution in [1.29, 1.82) is 0 Å². The van der Waals surface area contributed by atoms with E-state index in [1.165, 1.54) is 0 Å². The highest BCUT2D eigenvalue weighted by Crippen LogP contribution is 2.55. The molecule has 1 amide bonds. The molecule has 1 N–H and O–H groups in total. The average Bonchev–Trinajstić information content (AvgIpc) is 3.70. The van der Waals surface area contributed by atoms with Crippen LogP contribution in [0.4, 0.5) is 20.3 Å². The van der Waals surface area contributed by atoms with Gasteiger partial charge in [-0.15, -0.1) is 0 Å². The van der Waals surface area contributed by atoms with E-state index in [1.54, 1.807) is 61.4 Å². The molecule has 0 saturated heterocycles. The van der Waals surface area contributed by atoms with Crippen LogP contribution in [0, 0.1) is 5.41 Å². The number of aromatic carboxylic acids is 1. The number of fused-ring (bicyclic) bond motifs is 2. The van der Waals surface area contributed by atoms with Gasteiger partial charge in [0.15, 0.2) is 5.82 Å². The number of carboxylic acids is 1. The van der Waals surface area contributed by atoms with E-state index in [1.807, 2.05) is 11.0 Å². The fourth-order valence-corrected chi connectivity index (χ4v) is 8.80. The molecule has 1 spiro atoms. The van der Waals surface area contributed by atoms with E-state index in [-0.39, 0.29) is 34.6 Å². The van der Waals surface area contributed by atoms with Crippen molar-refractivity contribution >= 4 is 23.4 Å². The largest absolute Gasteiger partial charge is 0.490 e. The Balaban J connectivity index is 1.05. The van der Waals surface area contributed by atoms with Crippen LogP contribution in [0.25, 0.3) is 11.1 Å². The summed E-state index contributed by atoms with van der Waals surface area (Å²) in [6, 6.07) is 10.4. The highest BCUT2D eigenvalue weighted by atomic mass is 19.3. The first-order valence-electron chi connectivity index (χ1n) is 17.6. The van der Waals surface area contributed by atoms with Gasteiger partial charge in [0.05, 0.1) is 30.5 Å². The number of carbonyl (C=O) groups is 2. The molecule has 262 valence electrons. The molecule has 10 nitrogen and oxygen atoms in total. The number of aromatic nitrogens is 4. The van der Waals surface area contributed by atoms with Crippen LogP contribution in [0.3, 0.4) is 0 Å². The number of aryl methyl sites for hydroxylation is 2. The third-order valence-electron chi connectivity index (χ3n) is 11.5. The number of hydrogen-bond acceptors (Lipinski definition) is 6. The molecule has 0 bridgehead atoms. The van der Waals surface area contributed by atoms with Crippen LogP contribution in [0.15, 0.2) is 48.8 Å². The second kappa shape index (κ2) is 12.5. The number of carboxylic acid groups (broad SMARTS) is 1. The molecule has 4 aliphatic rings. The predicted molar refractivity (Wildman–Crippen MR) is 183 cm³/mol. The number of carbonyl (C=O) groups excluding carboxylic acids is 1. The molecule has 2 aromatic heterocycles. The van der Waals surface area contributed by atoms with Crippen LogP contribution in [-0.4, -0.2) is 60.6 Å². The van der Waals surface area contributed by atoms with Crippen molar-refractivity contribution in [2.75, 3.05) is 18.0 Å². The maximum atomic E-state index is 14.6. The highest BCUT2D eigenvalue weighted by Gasteiger charge is 2.48. The summed E-state index contributed by atoms with van der Waals surface area (Å²) in [4.78, 5) is 27.7. The number of alkyl halides is 2. The molecule has 4 aromatic rings. The third kappa shape index (κ3) is 5.82. The molecule has 2 aromatic carbocycles. The maximum Gasteiger partial charge on any atom is 0.335 e. The number of amides is 1. The van der Waals surface area contributed by atoms with Crippen molar-refractivity contribution in [1.82, 2.24) is 24.5 Å². The first-order valence-corrected chi connectivity index (χ1v) is 17.6. The molecule has 8 rings (SSSR count). The topological polar surface area (TPSA) is 106 Å². The Morgan fingerprint density at radius 3 is 2.48 bits per heavy atom. The Morgan fingerprint density at radius 2 is 1.82 bits per heavy atom. The lowest BCUT2D eigenvalue weighted by molar-refractivity contribution is -0.129. The molecular weight excluding hydrogens is 642 g/mol. The van der Waals surface area contributed by atoms with Crippen LogP contribution in [-0.2, 0) is 31.2 Å². The Kier molecular flexibility index (Phi) is 8.14. The zero-order chi connectivity index (χ0) is 34.7. The van der Waals surface area contributed by atoms with E-state index in [0.29, 0.717) is 42.9 Å². The van der Waals surface area contributed by atoms with Gasteiger partial charge in [-0.05, 0) is 104 Å². The molecule has 2 saturated carbocycles. The molecule has 50 heavy (non-hydrogen) atoms. The van der Waals surface area contributed by atoms with E-state index in [9.17, 15) is 23.5 Å². The number of nitrogens with zero attached hydrogens (tertiary/aromatic N) is 6. The predicted octanol–water partition coefficient (Wildman–Crippen LogP) is 7.25. The number of ether oxygens (including phenoxy) is 1. The van der Waals surface area contributed by atoms with E-state index in [2.05, 4.69) is 14.7 Å². The zero-order valence-corrected chi connectivity index (χ0v) is 28.4. The molecule has 2 fully saturated rings. The number of halogens is 2. The van der Waals surface area contributed by atoms with Gasteiger partial charge in [-0.3, -0.25) is 14.2 Å². The minimum absolute atomic E-state index is 0.0139. The minimum atomic E-state index is -2.65. The normalized spacial score (nSPS) is 23.1. The van der Waals surface area contributed by atoms with Crippen LogP contribution in [0.1, 0.15) is 97.1 Å². The summed E-state index contributed by atoms with van der Waals surface area (Å²) in [5, 5.41) is 18.7. The SMILES string of the molecule is CC(=O)N1CCc2c(c(N3CCCc4cc(-c5cnn(C)c5)c(C(F)F)cc43)nn2C2CCC3(CC2)CC(Oc2ccc(C(=O)O)cc2)C3)C1. The van der Waals surface area contributed by atoms with Crippen LogP contribution < -0.4 is 9.64 Å². The average molecular weight is 685 g/mol. The van der Waals surface area contributed by atoms with E-state index >= 15 is 0 Å². The van der Waals surface area contributed by atoms with Gasteiger partial charge in [0.2, 0.25) is 5.91 Å². The van der Waals surface area contributed by atoms with Crippen molar-refractivity contribution in [3.8, 4) is 16.9 Å². The van der Waals surface area contributed by atoms with Gasteiger partial charge in [-0.2, -0.15) is 10.2 Å². The molecule has 0 unspecified atom stereocenters. The lowest BCUT2D eigenvalue weighted by Gasteiger charge is -2.51. The van der Waals surface area contributed by atoms with E-state index < -0.39 is 12.4 Å². The molecule has 4 heterocycles. The summed E-state index contributed by atoms with van der Waals surface area (Å²) in [5.41, 5.74) is 5.64. The van der Waals surface area contributed by atoms with Gasteiger partial charge in [0, 0.05) is 67.8 Å². The molecule has 0 radical (unpaired) electrons.